The molecule has 0 aliphatic heterocycles. The first-order chi connectivity index (χ1) is 11.2. The Hall–Kier alpha value is -2.42. The molecular weight excluding hydrogens is 288 g/mol. The average Bonchev–Trinajstić information content (AvgIpc) is 2.98. The first-order valence-electron chi connectivity index (χ1n) is 8.09. The number of Topliss-reactive ketones (excluding diaryl/α,β-unsaturated/α-hetero) is 1. The molecule has 1 aliphatic carbocycles. The van der Waals surface area contributed by atoms with Crippen molar-refractivity contribution in [2.45, 2.75) is 38.5 Å². The van der Waals surface area contributed by atoms with E-state index in [1.165, 1.54) is 11.1 Å². The highest BCUT2D eigenvalue weighted by molar-refractivity contribution is 5.95. The number of aryl methyl sites for hydroxylation is 1. The number of benzene rings is 2. The summed E-state index contributed by atoms with van der Waals surface area (Å²) in [5, 5.41) is 0. The third-order valence-electron chi connectivity index (χ3n) is 4.40. The Kier molecular flexibility index (Phi) is 4.56. The molecule has 1 aliphatic rings. The van der Waals surface area contributed by atoms with Gasteiger partial charge in [0.15, 0.2) is 5.78 Å². The van der Waals surface area contributed by atoms with Crippen LogP contribution in [0.2, 0.25) is 0 Å². The third-order valence-corrected chi connectivity index (χ3v) is 4.40. The van der Waals surface area contributed by atoms with E-state index in [4.69, 9.17) is 4.74 Å². The zero-order chi connectivity index (χ0) is 16.2. The normalized spacial score (nSPS) is 16.0. The van der Waals surface area contributed by atoms with E-state index >= 15 is 0 Å². The molecule has 1 atom stereocenters. The van der Waals surface area contributed by atoms with Crippen LogP contribution in [0.4, 0.5) is 0 Å². The fraction of sp³-hybridized carbons (Fsp3) is 0.300. The molecule has 0 radical (unpaired) electrons. The lowest BCUT2D eigenvalue weighted by atomic mass is 9.98. The SMILES string of the molecule is CCC(=O)c1ccc(OC(=O)CC2CCc3ccccc32)cc1. The Morgan fingerprint density at radius 3 is 2.57 bits per heavy atom. The van der Waals surface area contributed by atoms with Crippen LogP contribution in [-0.2, 0) is 11.2 Å². The highest BCUT2D eigenvalue weighted by Crippen LogP contribution is 2.35. The maximum atomic E-state index is 12.2. The molecule has 118 valence electrons. The molecule has 0 saturated heterocycles. The molecule has 0 bridgehead atoms. The number of ketones is 1. The Morgan fingerprint density at radius 2 is 1.83 bits per heavy atom. The van der Waals surface area contributed by atoms with E-state index < -0.39 is 0 Å². The molecular formula is C20H20O3. The van der Waals surface area contributed by atoms with E-state index in [9.17, 15) is 9.59 Å². The van der Waals surface area contributed by atoms with E-state index in [1.54, 1.807) is 24.3 Å². The molecule has 3 heteroatoms. The fourth-order valence-electron chi connectivity index (χ4n) is 3.14. The second-order valence-electron chi connectivity index (χ2n) is 5.91. The summed E-state index contributed by atoms with van der Waals surface area (Å²) in [5.74, 6) is 0.611. The zero-order valence-electron chi connectivity index (χ0n) is 13.2. The monoisotopic (exact) mass is 308 g/mol. The molecule has 0 aromatic heterocycles. The van der Waals surface area contributed by atoms with Gasteiger partial charge in [0.1, 0.15) is 5.75 Å². The van der Waals surface area contributed by atoms with Crippen LogP contribution < -0.4 is 4.74 Å². The fourth-order valence-corrected chi connectivity index (χ4v) is 3.14. The number of carbonyl (C=O) groups excluding carboxylic acids is 2. The summed E-state index contributed by atoms with van der Waals surface area (Å²) in [4.78, 5) is 23.8. The third kappa shape index (κ3) is 3.50. The first-order valence-corrected chi connectivity index (χ1v) is 8.09. The lowest BCUT2D eigenvalue weighted by Gasteiger charge is -2.11. The van der Waals surface area contributed by atoms with Crippen molar-refractivity contribution in [1.29, 1.82) is 0 Å². The number of hydrogen-bond donors (Lipinski definition) is 0. The van der Waals surface area contributed by atoms with Crippen LogP contribution >= 0.6 is 0 Å². The molecule has 0 fully saturated rings. The van der Waals surface area contributed by atoms with Gasteiger partial charge in [-0.2, -0.15) is 0 Å². The summed E-state index contributed by atoms with van der Waals surface area (Å²) in [6.45, 7) is 1.83. The highest BCUT2D eigenvalue weighted by Gasteiger charge is 2.25. The van der Waals surface area contributed by atoms with Crippen LogP contribution in [0, 0.1) is 0 Å². The Balaban J connectivity index is 1.61. The van der Waals surface area contributed by atoms with Crippen LogP contribution in [0.15, 0.2) is 48.5 Å². The lowest BCUT2D eigenvalue weighted by molar-refractivity contribution is -0.134. The van der Waals surface area contributed by atoms with Crippen LogP contribution in [-0.4, -0.2) is 11.8 Å². The van der Waals surface area contributed by atoms with E-state index in [0.29, 0.717) is 24.2 Å². The summed E-state index contributed by atoms with van der Waals surface area (Å²) in [7, 11) is 0. The highest BCUT2D eigenvalue weighted by atomic mass is 16.5. The minimum absolute atomic E-state index is 0.0884. The maximum Gasteiger partial charge on any atom is 0.311 e. The van der Waals surface area contributed by atoms with Gasteiger partial charge < -0.3 is 4.74 Å². The molecule has 3 rings (SSSR count). The van der Waals surface area contributed by atoms with Gasteiger partial charge in [-0.15, -0.1) is 0 Å². The summed E-state index contributed by atoms with van der Waals surface area (Å²) in [5.41, 5.74) is 3.26. The number of esters is 1. The second kappa shape index (κ2) is 6.78. The standard InChI is InChI=1S/C20H20O3/c1-2-19(21)15-9-11-17(12-10-15)23-20(22)13-16-8-7-14-5-3-4-6-18(14)16/h3-6,9-12,16H,2,7-8,13H2,1H3. The van der Waals surface area contributed by atoms with Crippen molar-refractivity contribution in [3.05, 3.63) is 65.2 Å². The van der Waals surface area contributed by atoms with Crippen LogP contribution in [0.5, 0.6) is 5.75 Å². The van der Waals surface area contributed by atoms with Gasteiger partial charge in [0.2, 0.25) is 0 Å². The minimum atomic E-state index is -0.221. The van der Waals surface area contributed by atoms with Crippen LogP contribution in [0.25, 0.3) is 0 Å². The molecule has 0 spiro atoms. The second-order valence-corrected chi connectivity index (χ2v) is 5.91. The predicted molar refractivity (Wildman–Crippen MR) is 88.8 cm³/mol. The summed E-state index contributed by atoms with van der Waals surface area (Å²) in [6.07, 6.45) is 2.90. The smallest absolute Gasteiger partial charge is 0.311 e. The summed E-state index contributed by atoms with van der Waals surface area (Å²) < 4.78 is 5.41. The maximum absolute atomic E-state index is 12.2. The average molecular weight is 308 g/mol. The van der Waals surface area contributed by atoms with Gasteiger partial charge in [-0.05, 0) is 54.2 Å². The van der Waals surface area contributed by atoms with Crippen LogP contribution in [0.1, 0.15) is 53.6 Å². The van der Waals surface area contributed by atoms with Crippen molar-refractivity contribution in [3.8, 4) is 5.75 Å². The summed E-state index contributed by atoms with van der Waals surface area (Å²) in [6, 6.07) is 15.1. The molecule has 0 heterocycles. The van der Waals surface area contributed by atoms with Crippen LogP contribution in [0.3, 0.4) is 0 Å². The number of ether oxygens (including phenoxy) is 1. The van der Waals surface area contributed by atoms with Crippen molar-refractivity contribution >= 4 is 11.8 Å². The van der Waals surface area contributed by atoms with Crippen molar-refractivity contribution < 1.29 is 14.3 Å². The van der Waals surface area contributed by atoms with E-state index in [1.807, 2.05) is 19.1 Å². The number of carbonyl (C=O) groups is 2. The van der Waals surface area contributed by atoms with Gasteiger partial charge in [0, 0.05) is 12.0 Å². The largest absolute Gasteiger partial charge is 0.427 e. The summed E-state index contributed by atoms with van der Waals surface area (Å²) >= 11 is 0. The molecule has 0 saturated carbocycles. The number of hydrogen-bond acceptors (Lipinski definition) is 3. The zero-order valence-corrected chi connectivity index (χ0v) is 13.2. The topological polar surface area (TPSA) is 43.4 Å². The van der Waals surface area contributed by atoms with Crippen molar-refractivity contribution in [1.82, 2.24) is 0 Å². The van der Waals surface area contributed by atoms with Crippen molar-refractivity contribution in [3.63, 3.8) is 0 Å². The number of fused-ring (bicyclic) bond motifs is 1. The van der Waals surface area contributed by atoms with E-state index in [-0.39, 0.29) is 17.7 Å². The minimum Gasteiger partial charge on any atom is -0.427 e. The predicted octanol–water partition coefficient (Wildman–Crippen LogP) is 4.30. The van der Waals surface area contributed by atoms with Gasteiger partial charge in [-0.25, -0.2) is 0 Å². The lowest BCUT2D eigenvalue weighted by Crippen LogP contribution is -2.12. The van der Waals surface area contributed by atoms with Crippen molar-refractivity contribution in [2.75, 3.05) is 0 Å². The Labute approximate surface area is 136 Å². The van der Waals surface area contributed by atoms with Gasteiger partial charge in [-0.1, -0.05) is 31.2 Å². The Morgan fingerprint density at radius 1 is 1.09 bits per heavy atom. The van der Waals surface area contributed by atoms with Gasteiger partial charge >= 0.3 is 5.97 Å². The van der Waals surface area contributed by atoms with Gasteiger partial charge in [-0.3, -0.25) is 9.59 Å². The Bertz CT molecular complexity index is 716. The molecule has 2 aromatic carbocycles. The molecule has 0 amide bonds. The molecule has 2 aromatic rings. The molecule has 23 heavy (non-hydrogen) atoms. The first kappa shape index (κ1) is 15.5. The number of rotatable bonds is 5. The van der Waals surface area contributed by atoms with Crippen molar-refractivity contribution in [2.24, 2.45) is 0 Å². The molecule has 0 N–H and O–H groups in total. The molecule has 3 nitrogen and oxygen atoms in total. The van der Waals surface area contributed by atoms with E-state index in [2.05, 4.69) is 12.1 Å². The quantitative estimate of drug-likeness (QED) is 0.470. The van der Waals surface area contributed by atoms with Gasteiger partial charge in [0.25, 0.3) is 0 Å². The molecule has 1 unspecified atom stereocenters. The van der Waals surface area contributed by atoms with E-state index in [0.717, 1.165) is 12.8 Å². The van der Waals surface area contributed by atoms with Gasteiger partial charge in [0.05, 0.1) is 6.42 Å².